The predicted molar refractivity (Wildman–Crippen MR) is 89.7 cm³/mol. The van der Waals surface area contributed by atoms with Crippen molar-refractivity contribution >= 4 is 11.7 Å². The van der Waals surface area contributed by atoms with Crippen LogP contribution in [0.4, 0.5) is 5.82 Å². The highest BCUT2D eigenvalue weighted by molar-refractivity contribution is 5.91. The zero-order chi connectivity index (χ0) is 16.1. The van der Waals surface area contributed by atoms with E-state index in [0.717, 1.165) is 36.5 Å². The quantitative estimate of drug-likeness (QED) is 0.731. The summed E-state index contributed by atoms with van der Waals surface area (Å²) in [5.41, 5.74) is 2.08. The minimum Gasteiger partial charge on any atom is -0.494 e. The first-order chi connectivity index (χ1) is 11.2. The fraction of sp³-hybridized carbons (Fsp3) is 0.444. The Morgan fingerprint density at radius 1 is 1.35 bits per heavy atom. The van der Waals surface area contributed by atoms with Gasteiger partial charge in [-0.3, -0.25) is 9.89 Å². The summed E-state index contributed by atoms with van der Waals surface area (Å²) in [6.45, 7) is 2.87. The van der Waals surface area contributed by atoms with E-state index in [0.29, 0.717) is 18.2 Å². The molecule has 0 spiro atoms. The predicted octanol–water partition coefficient (Wildman–Crippen LogP) is 3.65. The van der Waals surface area contributed by atoms with Gasteiger partial charge in [-0.05, 0) is 37.0 Å². The fourth-order valence-electron chi connectivity index (χ4n) is 2.41. The SMILES string of the molecule is CCCCOc1ccc(CC(=O)Nc2cc(C3CC3)[nH]n2)cc1. The molecule has 0 atom stereocenters. The number of benzene rings is 1. The monoisotopic (exact) mass is 313 g/mol. The van der Waals surface area contributed by atoms with E-state index in [1.807, 2.05) is 30.3 Å². The molecular formula is C18H23N3O2. The van der Waals surface area contributed by atoms with E-state index in [1.165, 1.54) is 12.8 Å². The first kappa shape index (κ1) is 15.6. The molecule has 1 aromatic carbocycles. The standard InChI is InChI=1S/C18H23N3O2/c1-2-3-10-23-15-8-4-13(5-9-15)11-18(22)19-17-12-16(20-21-17)14-6-7-14/h4-5,8-9,12,14H,2-3,6-7,10-11H2,1H3,(H2,19,20,21,22). The Morgan fingerprint density at radius 3 is 2.83 bits per heavy atom. The molecule has 1 heterocycles. The molecule has 2 N–H and O–H groups in total. The molecule has 0 aliphatic heterocycles. The second-order valence-electron chi connectivity index (χ2n) is 6.05. The molecule has 1 amide bonds. The Kier molecular flexibility index (Phi) is 4.95. The molecule has 1 aliphatic carbocycles. The Bertz CT molecular complexity index is 645. The van der Waals surface area contributed by atoms with Crippen LogP contribution in [0, 0.1) is 0 Å². The van der Waals surface area contributed by atoms with E-state index in [4.69, 9.17) is 4.74 Å². The lowest BCUT2D eigenvalue weighted by molar-refractivity contribution is -0.115. The third kappa shape index (κ3) is 4.58. The highest BCUT2D eigenvalue weighted by Crippen LogP contribution is 2.39. The zero-order valence-corrected chi connectivity index (χ0v) is 13.5. The number of amides is 1. The van der Waals surface area contributed by atoms with Crippen molar-refractivity contribution < 1.29 is 9.53 Å². The summed E-state index contributed by atoms with van der Waals surface area (Å²) in [4.78, 5) is 12.1. The summed E-state index contributed by atoms with van der Waals surface area (Å²) in [6, 6.07) is 9.62. The van der Waals surface area contributed by atoms with Crippen LogP contribution < -0.4 is 10.1 Å². The maximum atomic E-state index is 12.1. The average molecular weight is 313 g/mol. The van der Waals surface area contributed by atoms with Crippen molar-refractivity contribution in [3.8, 4) is 5.75 Å². The van der Waals surface area contributed by atoms with Crippen molar-refractivity contribution in [2.24, 2.45) is 0 Å². The van der Waals surface area contributed by atoms with E-state index >= 15 is 0 Å². The topological polar surface area (TPSA) is 67.0 Å². The van der Waals surface area contributed by atoms with Gasteiger partial charge < -0.3 is 10.1 Å². The molecule has 2 aromatic rings. The van der Waals surface area contributed by atoms with Crippen molar-refractivity contribution in [2.45, 2.75) is 44.9 Å². The average Bonchev–Trinajstić information content (AvgIpc) is 3.30. The summed E-state index contributed by atoms with van der Waals surface area (Å²) in [7, 11) is 0. The summed E-state index contributed by atoms with van der Waals surface area (Å²) in [5.74, 6) is 2.01. The maximum Gasteiger partial charge on any atom is 0.229 e. The lowest BCUT2D eigenvalue weighted by Crippen LogP contribution is -2.14. The van der Waals surface area contributed by atoms with Gasteiger partial charge in [0.25, 0.3) is 0 Å². The van der Waals surface area contributed by atoms with Crippen LogP contribution in [0.25, 0.3) is 0 Å². The lowest BCUT2D eigenvalue weighted by atomic mass is 10.1. The first-order valence-electron chi connectivity index (χ1n) is 8.31. The van der Waals surface area contributed by atoms with Crippen LogP contribution in [0.3, 0.4) is 0 Å². The van der Waals surface area contributed by atoms with Gasteiger partial charge >= 0.3 is 0 Å². The van der Waals surface area contributed by atoms with Crippen molar-refractivity contribution in [3.05, 3.63) is 41.6 Å². The lowest BCUT2D eigenvalue weighted by Gasteiger charge is -2.06. The first-order valence-corrected chi connectivity index (χ1v) is 8.31. The van der Waals surface area contributed by atoms with Gasteiger partial charge in [0.05, 0.1) is 13.0 Å². The fourth-order valence-corrected chi connectivity index (χ4v) is 2.41. The number of nitrogens with one attached hydrogen (secondary N) is 2. The van der Waals surface area contributed by atoms with Crippen molar-refractivity contribution in [1.82, 2.24) is 10.2 Å². The molecular weight excluding hydrogens is 290 g/mol. The van der Waals surface area contributed by atoms with Crippen molar-refractivity contribution in [2.75, 3.05) is 11.9 Å². The Morgan fingerprint density at radius 2 is 2.13 bits per heavy atom. The zero-order valence-electron chi connectivity index (χ0n) is 13.5. The molecule has 122 valence electrons. The van der Waals surface area contributed by atoms with Crippen LogP contribution in [0.1, 0.15) is 49.8 Å². The van der Waals surface area contributed by atoms with Gasteiger partial charge in [-0.25, -0.2) is 0 Å². The maximum absolute atomic E-state index is 12.1. The van der Waals surface area contributed by atoms with Gasteiger partial charge in [0, 0.05) is 17.7 Å². The van der Waals surface area contributed by atoms with Crippen LogP contribution in [-0.2, 0) is 11.2 Å². The number of ether oxygens (including phenoxy) is 1. The van der Waals surface area contributed by atoms with E-state index in [9.17, 15) is 4.79 Å². The van der Waals surface area contributed by atoms with Gasteiger partial charge in [-0.15, -0.1) is 0 Å². The molecule has 23 heavy (non-hydrogen) atoms. The molecule has 5 heteroatoms. The number of hydrogen-bond acceptors (Lipinski definition) is 3. The number of hydrogen-bond donors (Lipinski definition) is 2. The smallest absolute Gasteiger partial charge is 0.229 e. The van der Waals surface area contributed by atoms with Gasteiger partial charge in [0.1, 0.15) is 5.75 Å². The Hall–Kier alpha value is -2.30. The summed E-state index contributed by atoms with van der Waals surface area (Å²) >= 11 is 0. The second-order valence-corrected chi connectivity index (χ2v) is 6.05. The molecule has 1 aromatic heterocycles. The number of aromatic amines is 1. The van der Waals surface area contributed by atoms with Gasteiger partial charge in [0.15, 0.2) is 5.82 Å². The van der Waals surface area contributed by atoms with Gasteiger partial charge in [-0.1, -0.05) is 25.5 Å². The highest BCUT2D eigenvalue weighted by atomic mass is 16.5. The van der Waals surface area contributed by atoms with Crippen LogP contribution in [-0.4, -0.2) is 22.7 Å². The Labute approximate surface area is 136 Å². The normalized spacial score (nSPS) is 13.8. The second kappa shape index (κ2) is 7.31. The van der Waals surface area contributed by atoms with Crippen molar-refractivity contribution in [3.63, 3.8) is 0 Å². The highest BCUT2D eigenvalue weighted by Gasteiger charge is 2.25. The van der Waals surface area contributed by atoms with E-state index in [2.05, 4.69) is 22.4 Å². The Balaban J connectivity index is 1.48. The van der Waals surface area contributed by atoms with Gasteiger partial charge in [0.2, 0.25) is 5.91 Å². The molecule has 0 unspecified atom stereocenters. The van der Waals surface area contributed by atoms with E-state index < -0.39 is 0 Å². The molecule has 5 nitrogen and oxygen atoms in total. The molecule has 1 saturated carbocycles. The number of carbonyl (C=O) groups excluding carboxylic acids is 1. The summed E-state index contributed by atoms with van der Waals surface area (Å²) in [6.07, 6.45) is 4.93. The number of anilines is 1. The third-order valence-electron chi connectivity index (χ3n) is 3.94. The number of nitrogens with zero attached hydrogens (tertiary/aromatic N) is 1. The largest absolute Gasteiger partial charge is 0.494 e. The number of rotatable bonds is 8. The van der Waals surface area contributed by atoms with E-state index in [-0.39, 0.29) is 5.91 Å². The number of carbonyl (C=O) groups is 1. The molecule has 3 rings (SSSR count). The van der Waals surface area contributed by atoms with Crippen LogP contribution in [0.15, 0.2) is 30.3 Å². The third-order valence-corrected chi connectivity index (χ3v) is 3.94. The number of aromatic nitrogens is 2. The van der Waals surface area contributed by atoms with Crippen LogP contribution in [0.2, 0.25) is 0 Å². The van der Waals surface area contributed by atoms with Crippen LogP contribution in [0.5, 0.6) is 5.75 Å². The van der Waals surface area contributed by atoms with Crippen LogP contribution >= 0.6 is 0 Å². The molecule has 1 fully saturated rings. The molecule has 0 saturated heterocycles. The summed E-state index contributed by atoms with van der Waals surface area (Å²) in [5, 5.41) is 9.96. The van der Waals surface area contributed by atoms with Crippen molar-refractivity contribution in [1.29, 1.82) is 0 Å². The molecule has 0 bridgehead atoms. The number of H-pyrrole nitrogens is 1. The molecule has 0 radical (unpaired) electrons. The molecule has 1 aliphatic rings. The number of unbranched alkanes of at least 4 members (excludes halogenated alkanes) is 1. The summed E-state index contributed by atoms with van der Waals surface area (Å²) < 4.78 is 5.62. The van der Waals surface area contributed by atoms with E-state index in [1.54, 1.807) is 0 Å². The minimum atomic E-state index is -0.0569. The van der Waals surface area contributed by atoms with Gasteiger partial charge in [-0.2, -0.15) is 5.10 Å². The minimum absolute atomic E-state index is 0.0569.